The van der Waals surface area contributed by atoms with Crippen molar-refractivity contribution in [3.05, 3.63) is 59.9 Å². The molecule has 0 aliphatic rings. The van der Waals surface area contributed by atoms with Crippen LogP contribution in [0.1, 0.15) is 29.3 Å². The number of amides is 1. The number of hydrogen-bond donors (Lipinski definition) is 1. The Morgan fingerprint density at radius 2 is 1.95 bits per heavy atom. The average Bonchev–Trinajstić information content (AvgIpc) is 2.54. The summed E-state index contributed by atoms with van der Waals surface area (Å²) in [6, 6.07) is 10.6. The lowest BCUT2D eigenvalue weighted by Crippen LogP contribution is -2.17. The van der Waals surface area contributed by atoms with Crippen molar-refractivity contribution in [3.8, 4) is 5.75 Å². The fourth-order valence-electron chi connectivity index (χ4n) is 1.60. The molecule has 0 atom stereocenters. The highest BCUT2D eigenvalue weighted by Crippen LogP contribution is 2.12. The predicted octanol–water partition coefficient (Wildman–Crippen LogP) is 2.63. The van der Waals surface area contributed by atoms with Gasteiger partial charge in [0, 0.05) is 18.0 Å². The number of hydrazone groups is 1. The van der Waals surface area contributed by atoms with E-state index in [9.17, 15) is 4.79 Å². The number of aromatic nitrogens is 1. The average molecular weight is 283 g/mol. The molecule has 0 radical (unpaired) electrons. The molecule has 0 saturated heterocycles. The largest absolute Gasteiger partial charge is 0.494 e. The molecule has 0 spiro atoms. The Labute approximate surface area is 123 Å². The van der Waals surface area contributed by atoms with Crippen molar-refractivity contribution in [2.75, 3.05) is 6.61 Å². The third kappa shape index (κ3) is 4.72. The van der Waals surface area contributed by atoms with Gasteiger partial charge in [-0.1, -0.05) is 6.92 Å². The van der Waals surface area contributed by atoms with E-state index in [2.05, 4.69) is 15.5 Å². The van der Waals surface area contributed by atoms with Gasteiger partial charge in [0.25, 0.3) is 5.91 Å². The van der Waals surface area contributed by atoms with Crippen molar-refractivity contribution < 1.29 is 9.53 Å². The molecule has 0 unspecified atom stereocenters. The molecular formula is C16H17N3O2. The fourth-order valence-corrected chi connectivity index (χ4v) is 1.60. The van der Waals surface area contributed by atoms with E-state index in [1.807, 2.05) is 6.92 Å². The Morgan fingerprint density at radius 3 is 2.62 bits per heavy atom. The molecule has 1 N–H and O–H groups in total. The number of hydrogen-bond acceptors (Lipinski definition) is 4. The molecule has 1 aromatic carbocycles. The van der Waals surface area contributed by atoms with Crippen molar-refractivity contribution in [1.82, 2.24) is 10.4 Å². The van der Waals surface area contributed by atoms with E-state index in [0.717, 1.165) is 17.7 Å². The fraction of sp³-hybridized carbons (Fsp3) is 0.188. The second kappa shape index (κ2) is 7.79. The highest BCUT2D eigenvalue weighted by Gasteiger charge is 2.04. The number of rotatable bonds is 6. The molecule has 0 aliphatic heterocycles. The summed E-state index contributed by atoms with van der Waals surface area (Å²) in [5, 5.41) is 3.91. The van der Waals surface area contributed by atoms with E-state index in [1.54, 1.807) is 55.0 Å². The van der Waals surface area contributed by atoms with Gasteiger partial charge in [0.1, 0.15) is 5.75 Å². The molecule has 5 heteroatoms. The van der Waals surface area contributed by atoms with Crippen molar-refractivity contribution >= 4 is 12.1 Å². The van der Waals surface area contributed by atoms with E-state index in [-0.39, 0.29) is 5.91 Å². The van der Waals surface area contributed by atoms with Gasteiger partial charge >= 0.3 is 0 Å². The highest BCUT2D eigenvalue weighted by atomic mass is 16.5. The van der Waals surface area contributed by atoms with E-state index >= 15 is 0 Å². The third-order valence-electron chi connectivity index (χ3n) is 2.68. The standard InChI is InChI=1S/C16H17N3O2/c1-2-11-21-15-5-3-14(4-6-15)16(20)19-18-12-13-7-9-17-10-8-13/h3-10,12H,2,11H2,1H3,(H,19,20)/b18-12-. The number of carbonyl (C=O) groups is 1. The van der Waals surface area contributed by atoms with Crippen molar-refractivity contribution in [1.29, 1.82) is 0 Å². The van der Waals surface area contributed by atoms with Crippen molar-refractivity contribution in [2.45, 2.75) is 13.3 Å². The maximum atomic E-state index is 11.9. The van der Waals surface area contributed by atoms with E-state index < -0.39 is 0 Å². The Hall–Kier alpha value is -2.69. The van der Waals surface area contributed by atoms with Crippen molar-refractivity contribution in [3.63, 3.8) is 0 Å². The minimum absolute atomic E-state index is 0.262. The lowest BCUT2D eigenvalue weighted by atomic mass is 10.2. The van der Waals surface area contributed by atoms with Gasteiger partial charge in [-0.3, -0.25) is 9.78 Å². The summed E-state index contributed by atoms with van der Waals surface area (Å²) >= 11 is 0. The quantitative estimate of drug-likeness (QED) is 0.654. The summed E-state index contributed by atoms with van der Waals surface area (Å²) < 4.78 is 5.46. The lowest BCUT2D eigenvalue weighted by molar-refractivity contribution is 0.0955. The summed E-state index contributed by atoms with van der Waals surface area (Å²) in [5.74, 6) is 0.496. The van der Waals surface area contributed by atoms with Gasteiger partial charge in [0.15, 0.2) is 0 Å². The van der Waals surface area contributed by atoms with Crippen LogP contribution in [0, 0.1) is 0 Å². The third-order valence-corrected chi connectivity index (χ3v) is 2.68. The minimum Gasteiger partial charge on any atom is -0.494 e. The van der Waals surface area contributed by atoms with Gasteiger partial charge in [-0.05, 0) is 48.4 Å². The van der Waals surface area contributed by atoms with Crippen molar-refractivity contribution in [2.24, 2.45) is 5.10 Å². The Balaban J connectivity index is 1.90. The summed E-state index contributed by atoms with van der Waals surface area (Å²) in [7, 11) is 0. The molecule has 2 rings (SSSR count). The molecular weight excluding hydrogens is 266 g/mol. The topological polar surface area (TPSA) is 63.6 Å². The molecule has 1 aromatic heterocycles. The second-order valence-electron chi connectivity index (χ2n) is 4.35. The first-order valence-corrected chi connectivity index (χ1v) is 6.76. The second-order valence-corrected chi connectivity index (χ2v) is 4.35. The zero-order chi connectivity index (χ0) is 14.9. The van der Waals surface area contributed by atoms with Crippen LogP contribution >= 0.6 is 0 Å². The predicted molar refractivity (Wildman–Crippen MR) is 81.5 cm³/mol. The van der Waals surface area contributed by atoms with Crippen LogP contribution in [0.15, 0.2) is 53.9 Å². The monoisotopic (exact) mass is 283 g/mol. The summed E-state index contributed by atoms with van der Waals surface area (Å²) in [5.41, 5.74) is 3.88. The van der Waals surface area contributed by atoms with Crippen LogP contribution in [0.2, 0.25) is 0 Å². The van der Waals surface area contributed by atoms with Crippen LogP contribution in [-0.4, -0.2) is 23.7 Å². The minimum atomic E-state index is -0.262. The molecule has 5 nitrogen and oxygen atoms in total. The molecule has 0 fully saturated rings. The molecule has 108 valence electrons. The number of nitrogens with one attached hydrogen (secondary N) is 1. The van der Waals surface area contributed by atoms with Crippen LogP contribution in [0.3, 0.4) is 0 Å². The van der Waals surface area contributed by atoms with Gasteiger partial charge in [-0.2, -0.15) is 5.10 Å². The molecule has 21 heavy (non-hydrogen) atoms. The Bertz CT molecular complexity index is 595. The van der Waals surface area contributed by atoms with Crippen LogP contribution in [-0.2, 0) is 0 Å². The maximum Gasteiger partial charge on any atom is 0.271 e. The normalized spacial score (nSPS) is 10.5. The molecule has 2 aromatic rings. The zero-order valence-electron chi connectivity index (χ0n) is 11.8. The zero-order valence-corrected chi connectivity index (χ0v) is 11.8. The van der Waals surface area contributed by atoms with Crippen LogP contribution < -0.4 is 10.2 Å². The van der Waals surface area contributed by atoms with Gasteiger partial charge in [0.2, 0.25) is 0 Å². The van der Waals surface area contributed by atoms with Crippen LogP contribution in [0.25, 0.3) is 0 Å². The number of ether oxygens (including phenoxy) is 1. The van der Waals surface area contributed by atoms with Gasteiger partial charge in [0.05, 0.1) is 12.8 Å². The summed E-state index contributed by atoms with van der Waals surface area (Å²) in [6.07, 6.45) is 5.85. The van der Waals surface area contributed by atoms with Crippen LogP contribution in [0.4, 0.5) is 0 Å². The Morgan fingerprint density at radius 1 is 1.24 bits per heavy atom. The summed E-state index contributed by atoms with van der Waals surface area (Å²) in [6.45, 7) is 2.71. The first-order chi connectivity index (χ1) is 10.3. The highest BCUT2D eigenvalue weighted by molar-refractivity contribution is 5.94. The van der Waals surface area contributed by atoms with E-state index in [4.69, 9.17) is 4.74 Å². The maximum absolute atomic E-state index is 11.9. The molecule has 0 aliphatic carbocycles. The molecule has 1 amide bonds. The first kappa shape index (κ1) is 14.7. The number of pyridine rings is 1. The Kier molecular flexibility index (Phi) is 5.46. The smallest absolute Gasteiger partial charge is 0.271 e. The van der Waals surface area contributed by atoms with Crippen LogP contribution in [0.5, 0.6) is 5.75 Å². The number of carbonyl (C=O) groups excluding carboxylic acids is 1. The van der Waals surface area contributed by atoms with Gasteiger partial charge < -0.3 is 4.74 Å². The molecule has 0 saturated carbocycles. The number of nitrogens with zero attached hydrogens (tertiary/aromatic N) is 2. The SMILES string of the molecule is CCCOc1ccc(C(=O)N/N=C\c2ccncc2)cc1. The van der Waals surface area contributed by atoms with E-state index in [1.165, 1.54) is 0 Å². The van der Waals surface area contributed by atoms with E-state index in [0.29, 0.717) is 12.2 Å². The van der Waals surface area contributed by atoms with Gasteiger partial charge in [-0.25, -0.2) is 5.43 Å². The molecule has 1 heterocycles. The summed E-state index contributed by atoms with van der Waals surface area (Å²) in [4.78, 5) is 15.8. The molecule has 0 bridgehead atoms. The lowest BCUT2D eigenvalue weighted by Gasteiger charge is -2.05. The van der Waals surface area contributed by atoms with Gasteiger partial charge in [-0.15, -0.1) is 0 Å². The first-order valence-electron chi connectivity index (χ1n) is 6.76. The number of benzene rings is 1.